The lowest BCUT2D eigenvalue weighted by Gasteiger charge is -2.13. The quantitative estimate of drug-likeness (QED) is 0.466. The van der Waals surface area contributed by atoms with Crippen molar-refractivity contribution in [3.05, 3.63) is 28.8 Å². The molecule has 0 aromatic heterocycles. The van der Waals surface area contributed by atoms with Gasteiger partial charge in [0.25, 0.3) is 11.8 Å². The van der Waals surface area contributed by atoms with E-state index in [2.05, 4.69) is 4.84 Å². The average Bonchev–Trinajstić information content (AvgIpc) is 2.75. The van der Waals surface area contributed by atoms with Crippen molar-refractivity contribution in [3.63, 3.8) is 0 Å². The number of imide groups is 1. The van der Waals surface area contributed by atoms with E-state index in [0.29, 0.717) is 0 Å². The fraction of sp³-hybridized carbons (Fsp3) is 0.182. The molecule has 0 saturated carbocycles. The molecule has 1 aromatic rings. The van der Waals surface area contributed by atoms with Gasteiger partial charge in [0.05, 0.1) is 0 Å². The molecule has 1 fully saturated rings. The number of rotatable bonds is 2. The van der Waals surface area contributed by atoms with Crippen molar-refractivity contribution in [2.75, 3.05) is 0 Å². The number of benzene rings is 1. The van der Waals surface area contributed by atoms with Crippen LogP contribution in [-0.4, -0.2) is 22.8 Å². The summed E-state index contributed by atoms with van der Waals surface area (Å²) in [6.45, 7) is 0. The number of carbonyl (C=O) groups excluding carboxylic acids is 3. The monoisotopic (exact) mass is 304 g/mol. The molecule has 1 aliphatic heterocycles. The van der Waals surface area contributed by atoms with E-state index in [-0.39, 0.29) is 17.9 Å². The van der Waals surface area contributed by atoms with Crippen molar-refractivity contribution >= 4 is 23.5 Å². The van der Waals surface area contributed by atoms with Gasteiger partial charge in [-0.3, -0.25) is 9.59 Å². The van der Waals surface area contributed by atoms with Crippen LogP contribution in [0.3, 0.4) is 0 Å². The Kier molecular flexibility index (Phi) is 3.54. The van der Waals surface area contributed by atoms with Gasteiger partial charge in [-0.2, -0.15) is 0 Å². The first-order valence-electron chi connectivity index (χ1n) is 5.38. The van der Waals surface area contributed by atoms with Crippen molar-refractivity contribution < 1.29 is 36.8 Å². The van der Waals surface area contributed by atoms with Gasteiger partial charge in [-0.1, -0.05) is 0 Å². The Hall–Kier alpha value is -2.65. The highest BCUT2D eigenvalue weighted by atomic mass is 19.2. The Morgan fingerprint density at radius 3 is 1.81 bits per heavy atom. The molecule has 2 radical (unpaired) electrons. The van der Waals surface area contributed by atoms with E-state index in [0.717, 1.165) is 0 Å². The van der Waals surface area contributed by atoms with E-state index < -0.39 is 52.3 Å². The number of amides is 2. The molecule has 0 bridgehead atoms. The summed E-state index contributed by atoms with van der Waals surface area (Å²) < 4.78 is 52.9. The number of hydrogen-bond acceptors (Lipinski definition) is 4. The Morgan fingerprint density at radius 2 is 1.38 bits per heavy atom. The van der Waals surface area contributed by atoms with Gasteiger partial charge in [0, 0.05) is 12.8 Å². The SMILES string of the molecule is [N]c1c(F)c(F)c(C(=O)ON2C(=O)CCC2=O)c(F)c1F. The second kappa shape index (κ2) is 5.04. The molecule has 2 rings (SSSR count). The summed E-state index contributed by atoms with van der Waals surface area (Å²) in [6, 6.07) is 0. The summed E-state index contributed by atoms with van der Waals surface area (Å²) in [7, 11) is 0. The van der Waals surface area contributed by atoms with Crippen LogP contribution in [0, 0.1) is 23.3 Å². The molecule has 1 aromatic carbocycles. The van der Waals surface area contributed by atoms with Gasteiger partial charge in [-0.05, 0) is 0 Å². The molecule has 10 heteroatoms. The Morgan fingerprint density at radius 1 is 0.952 bits per heavy atom. The third-order valence-electron chi connectivity index (χ3n) is 2.62. The molecule has 2 amide bonds. The number of hydrogen-bond donors (Lipinski definition) is 0. The highest BCUT2D eigenvalue weighted by Crippen LogP contribution is 2.28. The largest absolute Gasteiger partial charge is 0.370 e. The summed E-state index contributed by atoms with van der Waals surface area (Å²) in [5, 5.41) is -0.0517. The predicted molar refractivity (Wildman–Crippen MR) is 54.6 cm³/mol. The molecular formula is C11H4F4N2O4. The van der Waals surface area contributed by atoms with E-state index in [4.69, 9.17) is 5.73 Å². The van der Waals surface area contributed by atoms with Crippen LogP contribution >= 0.6 is 0 Å². The van der Waals surface area contributed by atoms with Gasteiger partial charge in [-0.25, -0.2) is 22.4 Å². The van der Waals surface area contributed by atoms with E-state index in [1.165, 1.54) is 0 Å². The lowest BCUT2D eigenvalue weighted by atomic mass is 10.1. The van der Waals surface area contributed by atoms with Gasteiger partial charge in [0.15, 0.2) is 29.0 Å². The molecule has 110 valence electrons. The second-order valence-electron chi connectivity index (χ2n) is 3.94. The Labute approximate surface area is 114 Å². The van der Waals surface area contributed by atoms with E-state index in [1.807, 2.05) is 0 Å². The molecule has 21 heavy (non-hydrogen) atoms. The summed E-state index contributed by atoms with van der Waals surface area (Å²) in [5.74, 6) is -12.7. The predicted octanol–water partition coefficient (Wildman–Crippen LogP) is 1.16. The second-order valence-corrected chi connectivity index (χ2v) is 3.94. The van der Waals surface area contributed by atoms with Crippen LogP contribution in [0.4, 0.5) is 23.2 Å². The third-order valence-corrected chi connectivity index (χ3v) is 2.62. The first-order chi connectivity index (χ1) is 9.75. The van der Waals surface area contributed by atoms with Gasteiger partial charge >= 0.3 is 5.97 Å². The minimum Gasteiger partial charge on any atom is -0.325 e. The maximum Gasteiger partial charge on any atom is 0.370 e. The molecule has 1 aliphatic rings. The standard InChI is InChI=1S/C11H4F4N2O4/c12-6-5(7(13)9(15)10(16)8(6)14)11(20)21-17-3(18)1-2-4(17)19/h1-2H2. The first-order valence-corrected chi connectivity index (χ1v) is 5.38. The lowest BCUT2D eigenvalue weighted by molar-refractivity contribution is -0.172. The van der Waals surface area contributed by atoms with Crippen molar-refractivity contribution in [2.24, 2.45) is 0 Å². The lowest BCUT2D eigenvalue weighted by Crippen LogP contribution is -2.33. The maximum atomic E-state index is 13.4. The van der Waals surface area contributed by atoms with Gasteiger partial charge in [0.1, 0.15) is 5.56 Å². The molecule has 1 saturated heterocycles. The number of carbonyl (C=O) groups is 3. The van der Waals surface area contributed by atoms with Crippen LogP contribution in [-0.2, 0) is 14.4 Å². The summed E-state index contributed by atoms with van der Waals surface area (Å²) >= 11 is 0. The van der Waals surface area contributed by atoms with E-state index in [9.17, 15) is 31.9 Å². The highest BCUT2D eigenvalue weighted by Gasteiger charge is 2.36. The zero-order chi connectivity index (χ0) is 15.9. The van der Waals surface area contributed by atoms with Crippen molar-refractivity contribution in [2.45, 2.75) is 12.8 Å². The van der Waals surface area contributed by atoms with Gasteiger partial charge < -0.3 is 4.84 Å². The van der Waals surface area contributed by atoms with Crippen LogP contribution in [0.1, 0.15) is 23.2 Å². The highest BCUT2D eigenvalue weighted by molar-refractivity contribution is 6.02. The zero-order valence-corrected chi connectivity index (χ0v) is 9.95. The molecule has 0 N–H and O–H groups in total. The maximum absolute atomic E-state index is 13.4. The van der Waals surface area contributed by atoms with E-state index >= 15 is 0 Å². The molecule has 0 aliphatic carbocycles. The first kappa shape index (κ1) is 14.8. The van der Waals surface area contributed by atoms with Crippen LogP contribution in [0.15, 0.2) is 0 Å². The summed E-state index contributed by atoms with van der Waals surface area (Å²) in [6.07, 6.45) is -0.565. The average molecular weight is 304 g/mol. The minimum atomic E-state index is -2.21. The van der Waals surface area contributed by atoms with Crippen LogP contribution < -0.4 is 5.73 Å². The Balaban J connectivity index is 2.41. The number of nitrogens with zero attached hydrogens (tertiary/aromatic N) is 2. The third kappa shape index (κ3) is 2.28. The minimum absolute atomic E-state index is 0.0517. The fourth-order valence-electron chi connectivity index (χ4n) is 1.59. The van der Waals surface area contributed by atoms with E-state index in [1.54, 1.807) is 0 Å². The Bertz CT molecular complexity index is 632. The summed E-state index contributed by atoms with van der Waals surface area (Å²) in [5.41, 5.74) is 4.98. The molecular weight excluding hydrogens is 300 g/mol. The van der Waals surface area contributed by atoms with Crippen LogP contribution in [0.25, 0.3) is 0 Å². The van der Waals surface area contributed by atoms with Crippen molar-refractivity contribution in [1.29, 1.82) is 0 Å². The van der Waals surface area contributed by atoms with Crippen LogP contribution in [0.2, 0.25) is 0 Å². The zero-order valence-electron chi connectivity index (χ0n) is 9.95. The normalized spacial score (nSPS) is 14.8. The fourth-order valence-corrected chi connectivity index (χ4v) is 1.59. The van der Waals surface area contributed by atoms with Crippen molar-refractivity contribution in [3.8, 4) is 0 Å². The van der Waals surface area contributed by atoms with Gasteiger partial charge in [-0.15, -0.1) is 10.8 Å². The number of halogens is 4. The number of hydroxylamine groups is 2. The molecule has 0 spiro atoms. The molecule has 0 atom stereocenters. The van der Waals surface area contributed by atoms with Crippen molar-refractivity contribution in [1.82, 2.24) is 10.8 Å². The molecule has 6 nitrogen and oxygen atoms in total. The molecule has 0 unspecified atom stereocenters. The molecule has 1 heterocycles. The van der Waals surface area contributed by atoms with Gasteiger partial charge in [0.2, 0.25) is 0 Å². The summed E-state index contributed by atoms with van der Waals surface area (Å²) in [4.78, 5) is 37.9. The smallest absolute Gasteiger partial charge is 0.325 e. The topological polar surface area (TPSA) is 86.0 Å². The van der Waals surface area contributed by atoms with Crippen LogP contribution in [0.5, 0.6) is 0 Å².